The Morgan fingerprint density at radius 2 is 2.13 bits per heavy atom. The van der Waals surface area contributed by atoms with Crippen molar-refractivity contribution < 1.29 is 0 Å². The van der Waals surface area contributed by atoms with Crippen LogP contribution in [0.15, 0.2) is 22.7 Å². The molecule has 0 aromatic heterocycles. The third-order valence-corrected chi connectivity index (χ3v) is 3.65. The molecule has 3 heteroatoms. The van der Waals surface area contributed by atoms with Crippen LogP contribution in [0.5, 0.6) is 0 Å². The summed E-state index contributed by atoms with van der Waals surface area (Å²) in [5.74, 6) is 0. The van der Waals surface area contributed by atoms with E-state index in [2.05, 4.69) is 35.1 Å². The molecule has 1 atom stereocenters. The minimum atomic E-state index is 0.548. The van der Waals surface area contributed by atoms with Crippen LogP contribution in [0.1, 0.15) is 33.1 Å². The van der Waals surface area contributed by atoms with E-state index in [-0.39, 0.29) is 0 Å². The predicted octanol–water partition coefficient (Wildman–Crippen LogP) is 5.09. The summed E-state index contributed by atoms with van der Waals surface area (Å²) in [4.78, 5) is 0. The molecule has 0 bridgehead atoms. The van der Waals surface area contributed by atoms with Gasteiger partial charge < -0.3 is 5.32 Å². The lowest BCUT2D eigenvalue weighted by atomic mass is 10.1. The summed E-state index contributed by atoms with van der Waals surface area (Å²) in [6.45, 7) is 4.41. The average molecular weight is 291 g/mol. The molecule has 1 rings (SSSR count). The average Bonchev–Trinajstić information content (AvgIpc) is 2.23. The lowest BCUT2D eigenvalue weighted by Gasteiger charge is -2.17. The van der Waals surface area contributed by atoms with Crippen LogP contribution < -0.4 is 5.32 Å². The van der Waals surface area contributed by atoms with Crippen LogP contribution in [0.3, 0.4) is 0 Å². The van der Waals surface area contributed by atoms with Gasteiger partial charge in [0, 0.05) is 16.2 Å². The van der Waals surface area contributed by atoms with Gasteiger partial charge >= 0.3 is 0 Å². The second-order valence-corrected chi connectivity index (χ2v) is 4.93. The molecule has 1 N–H and O–H groups in total. The highest BCUT2D eigenvalue weighted by Gasteiger charge is 2.05. The summed E-state index contributed by atoms with van der Waals surface area (Å²) in [7, 11) is 0. The molecule has 0 aliphatic heterocycles. The molecule has 0 saturated heterocycles. The van der Waals surface area contributed by atoms with Crippen LogP contribution >= 0.6 is 27.5 Å². The number of benzene rings is 1. The molecule has 1 aromatic carbocycles. The first-order chi connectivity index (χ1) is 7.17. The van der Waals surface area contributed by atoms with E-state index >= 15 is 0 Å². The fourth-order valence-corrected chi connectivity index (χ4v) is 1.98. The van der Waals surface area contributed by atoms with Crippen molar-refractivity contribution in [3.8, 4) is 0 Å². The quantitative estimate of drug-likeness (QED) is 0.796. The van der Waals surface area contributed by atoms with E-state index in [4.69, 9.17) is 11.6 Å². The molecule has 1 unspecified atom stereocenters. The van der Waals surface area contributed by atoms with E-state index in [1.54, 1.807) is 0 Å². The minimum Gasteiger partial charge on any atom is -0.382 e. The molecule has 0 heterocycles. The van der Waals surface area contributed by atoms with Gasteiger partial charge in [-0.3, -0.25) is 0 Å². The van der Waals surface area contributed by atoms with E-state index in [1.807, 2.05) is 18.2 Å². The lowest BCUT2D eigenvalue weighted by Crippen LogP contribution is -2.17. The fourth-order valence-electron chi connectivity index (χ4n) is 1.55. The monoisotopic (exact) mass is 289 g/mol. The Morgan fingerprint density at radius 3 is 2.67 bits per heavy atom. The maximum atomic E-state index is 6.03. The zero-order valence-corrected chi connectivity index (χ0v) is 11.5. The Bertz CT molecular complexity index is 314. The van der Waals surface area contributed by atoms with Crippen molar-refractivity contribution in [1.29, 1.82) is 0 Å². The van der Waals surface area contributed by atoms with Gasteiger partial charge in [0.15, 0.2) is 0 Å². The Balaban J connectivity index is 2.66. The van der Waals surface area contributed by atoms with Crippen molar-refractivity contribution in [3.63, 3.8) is 0 Å². The first kappa shape index (κ1) is 12.9. The smallest absolute Gasteiger partial charge is 0.0568 e. The maximum absolute atomic E-state index is 6.03. The summed E-state index contributed by atoms with van der Waals surface area (Å²) >= 11 is 9.41. The summed E-state index contributed by atoms with van der Waals surface area (Å²) in [6, 6.07) is 6.54. The van der Waals surface area contributed by atoms with Gasteiger partial charge in [-0.15, -0.1) is 0 Å². The van der Waals surface area contributed by atoms with Crippen molar-refractivity contribution >= 4 is 33.2 Å². The third-order valence-electron chi connectivity index (χ3n) is 2.42. The Kier molecular flexibility index (Phi) is 5.48. The van der Waals surface area contributed by atoms with Crippen LogP contribution in [0.2, 0.25) is 5.02 Å². The molecule has 0 saturated carbocycles. The largest absolute Gasteiger partial charge is 0.382 e. The number of halogens is 2. The zero-order chi connectivity index (χ0) is 11.3. The van der Waals surface area contributed by atoms with Gasteiger partial charge in [-0.25, -0.2) is 0 Å². The molecule has 1 nitrogen and oxygen atoms in total. The molecule has 0 aliphatic carbocycles. The van der Waals surface area contributed by atoms with Crippen molar-refractivity contribution in [2.75, 3.05) is 5.32 Å². The van der Waals surface area contributed by atoms with Gasteiger partial charge in [-0.05, 0) is 47.0 Å². The first-order valence-corrected chi connectivity index (χ1v) is 6.56. The number of hydrogen-bond acceptors (Lipinski definition) is 1. The molecule has 1 aromatic rings. The second kappa shape index (κ2) is 6.39. The molecule has 0 fully saturated rings. The van der Waals surface area contributed by atoms with E-state index < -0.39 is 0 Å². The molecule has 84 valence electrons. The zero-order valence-electron chi connectivity index (χ0n) is 9.19. The molecule has 0 spiro atoms. The second-order valence-electron chi connectivity index (χ2n) is 3.67. The highest BCUT2D eigenvalue weighted by atomic mass is 79.9. The Morgan fingerprint density at radius 1 is 1.40 bits per heavy atom. The number of rotatable bonds is 5. The van der Waals surface area contributed by atoms with Crippen LogP contribution in [-0.4, -0.2) is 6.04 Å². The molecule has 0 aliphatic rings. The molecular weight excluding hydrogens is 273 g/mol. The topological polar surface area (TPSA) is 12.0 Å². The van der Waals surface area contributed by atoms with E-state index in [1.165, 1.54) is 12.8 Å². The molecular formula is C12H17BrClN. The van der Waals surface area contributed by atoms with Gasteiger partial charge in [-0.1, -0.05) is 31.9 Å². The highest BCUT2D eigenvalue weighted by molar-refractivity contribution is 9.10. The van der Waals surface area contributed by atoms with Crippen molar-refractivity contribution in [3.05, 3.63) is 27.7 Å². The van der Waals surface area contributed by atoms with Crippen LogP contribution in [0.25, 0.3) is 0 Å². The standard InChI is InChI=1S/C12H17BrClN/c1-3-5-9(4-2)15-10-6-7-11(13)12(14)8-10/h6-9,15H,3-5H2,1-2H3. The van der Waals surface area contributed by atoms with Gasteiger partial charge in [-0.2, -0.15) is 0 Å². The van der Waals surface area contributed by atoms with Crippen LogP contribution in [-0.2, 0) is 0 Å². The summed E-state index contributed by atoms with van der Waals surface area (Å²) in [5, 5.41) is 4.25. The molecule has 0 radical (unpaired) electrons. The molecule has 15 heavy (non-hydrogen) atoms. The van der Waals surface area contributed by atoms with Crippen LogP contribution in [0.4, 0.5) is 5.69 Å². The normalized spacial score (nSPS) is 12.5. The molecule has 0 amide bonds. The van der Waals surface area contributed by atoms with Gasteiger partial charge in [0.25, 0.3) is 0 Å². The fraction of sp³-hybridized carbons (Fsp3) is 0.500. The number of nitrogens with one attached hydrogen (secondary N) is 1. The van der Waals surface area contributed by atoms with E-state index in [9.17, 15) is 0 Å². The maximum Gasteiger partial charge on any atom is 0.0568 e. The summed E-state index contributed by atoms with van der Waals surface area (Å²) in [5.41, 5.74) is 1.10. The van der Waals surface area contributed by atoms with Gasteiger partial charge in [0.05, 0.1) is 5.02 Å². The summed E-state index contributed by atoms with van der Waals surface area (Å²) < 4.78 is 0.943. The van der Waals surface area contributed by atoms with Crippen LogP contribution in [0, 0.1) is 0 Å². The van der Waals surface area contributed by atoms with E-state index in [0.29, 0.717) is 6.04 Å². The predicted molar refractivity (Wildman–Crippen MR) is 71.8 cm³/mol. The SMILES string of the molecule is CCCC(CC)Nc1ccc(Br)c(Cl)c1. The minimum absolute atomic E-state index is 0.548. The van der Waals surface area contributed by atoms with Crippen molar-refractivity contribution in [1.82, 2.24) is 0 Å². The van der Waals surface area contributed by atoms with Gasteiger partial charge in [0.1, 0.15) is 0 Å². The van der Waals surface area contributed by atoms with Crippen molar-refractivity contribution in [2.24, 2.45) is 0 Å². The first-order valence-electron chi connectivity index (χ1n) is 5.39. The summed E-state index contributed by atoms with van der Waals surface area (Å²) in [6.07, 6.45) is 3.54. The van der Waals surface area contributed by atoms with Crippen molar-refractivity contribution in [2.45, 2.75) is 39.2 Å². The Hall–Kier alpha value is -0.210. The lowest BCUT2D eigenvalue weighted by molar-refractivity contribution is 0.623. The number of anilines is 1. The van der Waals surface area contributed by atoms with E-state index in [0.717, 1.165) is 21.6 Å². The number of hydrogen-bond donors (Lipinski definition) is 1. The Labute approximate surface area is 105 Å². The highest BCUT2D eigenvalue weighted by Crippen LogP contribution is 2.26. The van der Waals surface area contributed by atoms with Gasteiger partial charge in [0.2, 0.25) is 0 Å². The third kappa shape index (κ3) is 4.04.